The lowest BCUT2D eigenvalue weighted by atomic mass is 10.1. The molecule has 1 aliphatic heterocycles. The van der Waals surface area contributed by atoms with Crippen molar-refractivity contribution in [2.24, 2.45) is 4.99 Å². The fourth-order valence-corrected chi connectivity index (χ4v) is 4.11. The lowest BCUT2D eigenvalue weighted by Gasteiger charge is -2.07. The summed E-state index contributed by atoms with van der Waals surface area (Å²) in [5.41, 5.74) is 2.69. The van der Waals surface area contributed by atoms with Crippen LogP contribution in [0.4, 0.5) is 5.13 Å². The van der Waals surface area contributed by atoms with Crippen LogP contribution in [0.25, 0.3) is 15.9 Å². The van der Waals surface area contributed by atoms with Gasteiger partial charge in [0, 0.05) is 17.7 Å². The first-order valence-corrected chi connectivity index (χ1v) is 11.2. The third-order valence-corrected chi connectivity index (χ3v) is 5.78. The van der Waals surface area contributed by atoms with Gasteiger partial charge in [0.05, 0.1) is 22.5 Å². The van der Waals surface area contributed by atoms with E-state index in [0.717, 1.165) is 34.2 Å². The Kier molecular flexibility index (Phi) is 6.90. The Labute approximate surface area is 190 Å². The molecular weight excluding hydrogens is 424 g/mol. The number of hydrogen-bond donors (Lipinski definition) is 1. The Morgan fingerprint density at radius 3 is 2.69 bits per heavy atom. The maximum Gasteiger partial charge on any atom is 0.351 e. The molecule has 0 saturated carbocycles. The molecule has 0 radical (unpaired) electrons. The first-order chi connectivity index (χ1) is 15.7. The summed E-state index contributed by atoms with van der Waals surface area (Å²) in [7, 11) is 0. The van der Waals surface area contributed by atoms with Crippen LogP contribution in [0.3, 0.4) is 0 Å². The standard InChI is InChI=1S/C24H22N4O3S/c1-2-3-12-30-13-14-31-23(29)18(15-25)21-16-8-4-5-9-17(16)22(27-21)28-24-26-19-10-6-7-11-20(19)32-24/h4-11H,2-3,12-14H2,1H3,(H,26,27,28)/b21-18-. The minimum Gasteiger partial charge on any atom is -0.459 e. The molecule has 0 fully saturated rings. The molecule has 0 atom stereocenters. The van der Waals surface area contributed by atoms with Crippen molar-refractivity contribution in [3.05, 3.63) is 65.2 Å². The van der Waals surface area contributed by atoms with Gasteiger partial charge < -0.3 is 14.8 Å². The highest BCUT2D eigenvalue weighted by atomic mass is 32.1. The number of unbranched alkanes of at least 4 members (excludes halogenated alkanes) is 1. The van der Waals surface area contributed by atoms with Gasteiger partial charge in [0.2, 0.25) is 5.13 Å². The Hall–Kier alpha value is -3.54. The number of rotatable bonds is 8. The zero-order valence-electron chi connectivity index (χ0n) is 17.6. The number of nitrogens with zero attached hydrogens (tertiary/aromatic N) is 3. The van der Waals surface area contributed by atoms with Crippen LogP contribution in [0, 0.1) is 11.3 Å². The van der Waals surface area contributed by atoms with Gasteiger partial charge in [0.15, 0.2) is 5.57 Å². The third-order valence-electron chi connectivity index (χ3n) is 4.85. The van der Waals surface area contributed by atoms with Gasteiger partial charge in [0.25, 0.3) is 0 Å². The molecule has 3 aromatic rings. The second kappa shape index (κ2) is 10.2. The number of nitrogens with one attached hydrogen (secondary N) is 1. The Bertz CT molecular complexity index is 1210. The lowest BCUT2D eigenvalue weighted by Crippen LogP contribution is -2.19. The maximum atomic E-state index is 12.6. The van der Waals surface area contributed by atoms with Crippen LogP contribution < -0.4 is 5.32 Å². The number of carbonyl (C=O) groups is 1. The topological polar surface area (TPSA) is 96.6 Å². The Morgan fingerprint density at radius 2 is 1.91 bits per heavy atom. The Morgan fingerprint density at radius 1 is 1.12 bits per heavy atom. The number of esters is 1. The first-order valence-electron chi connectivity index (χ1n) is 10.4. The van der Waals surface area contributed by atoms with Gasteiger partial charge in [-0.3, -0.25) is 0 Å². The number of aromatic nitrogens is 1. The fourth-order valence-electron chi connectivity index (χ4n) is 3.27. The van der Waals surface area contributed by atoms with Crippen molar-refractivity contribution in [2.45, 2.75) is 19.8 Å². The summed E-state index contributed by atoms with van der Waals surface area (Å²) in [6, 6.07) is 17.3. The third kappa shape index (κ3) is 4.69. The van der Waals surface area contributed by atoms with Crippen LogP contribution in [0.1, 0.15) is 30.9 Å². The van der Waals surface area contributed by atoms with Crippen molar-refractivity contribution in [3.8, 4) is 6.07 Å². The highest BCUT2D eigenvalue weighted by molar-refractivity contribution is 7.22. The molecule has 0 amide bonds. The second-order valence-electron chi connectivity index (χ2n) is 7.06. The number of nitriles is 1. The molecule has 0 saturated heterocycles. The molecule has 162 valence electrons. The predicted molar refractivity (Wildman–Crippen MR) is 125 cm³/mol. The van der Waals surface area contributed by atoms with Gasteiger partial charge in [-0.1, -0.05) is 61.1 Å². The van der Waals surface area contributed by atoms with Gasteiger partial charge >= 0.3 is 5.97 Å². The molecule has 2 aromatic carbocycles. The smallest absolute Gasteiger partial charge is 0.351 e. The molecule has 0 unspecified atom stereocenters. The van der Waals surface area contributed by atoms with Crippen molar-refractivity contribution in [3.63, 3.8) is 0 Å². The predicted octanol–water partition coefficient (Wildman–Crippen LogP) is 4.57. The summed E-state index contributed by atoms with van der Waals surface area (Å²) >= 11 is 1.47. The summed E-state index contributed by atoms with van der Waals surface area (Å²) in [4.78, 5) is 21.8. The highest BCUT2D eigenvalue weighted by Gasteiger charge is 2.28. The molecule has 0 bridgehead atoms. The summed E-state index contributed by atoms with van der Waals surface area (Å²) in [6.07, 6.45) is 2.00. The second-order valence-corrected chi connectivity index (χ2v) is 8.07. The number of carbonyl (C=O) groups excluding carboxylic acids is 1. The monoisotopic (exact) mass is 446 g/mol. The van der Waals surface area contributed by atoms with E-state index < -0.39 is 5.97 Å². The van der Waals surface area contributed by atoms with E-state index in [1.165, 1.54) is 11.3 Å². The van der Waals surface area contributed by atoms with Gasteiger partial charge in [-0.25, -0.2) is 14.8 Å². The van der Waals surface area contributed by atoms with Crippen molar-refractivity contribution >= 4 is 44.2 Å². The molecular formula is C24H22N4O3S. The first kappa shape index (κ1) is 21.7. The van der Waals surface area contributed by atoms with Gasteiger partial charge in [-0.05, 0) is 18.6 Å². The van der Waals surface area contributed by atoms with E-state index >= 15 is 0 Å². The molecule has 2 heterocycles. The van der Waals surface area contributed by atoms with Gasteiger partial charge in [0.1, 0.15) is 18.5 Å². The van der Waals surface area contributed by atoms with E-state index in [-0.39, 0.29) is 12.2 Å². The van der Waals surface area contributed by atoms with Crippen LogP contribution >= 0.6 is 11.3 Å². The van der Waals surface area contributed by atoms with E-state index in [1.807, 2.05) is 54.6 Å². The van der Waals surface area contributed by atoms with Crippen LogP contribution in [-0.4, -0.2) is 36.6 Å². The van der Waals surface area contributed by atoms with Crippen LogP contribution in [0.15, 0.2) is 59.1 Å². The van der Waals surface area contributed by atoms with Crippen LogP contribution in [0.2, 0.25) is 0 Å². The van der Waals surface area contributed by atoms with E-state index in [4.69, 9.17) is 9.47 Å². The molecule has 0 aliphatic carbocycles. The summed E-state index contributed by atoms with van der Waals surface area (Å²) in [6.45, 7) is 3.10. The number of amidine groups is 1. The normalized spacial score (nSPS) is 15.3. The average Bonchev–Trinajstić information content (AvgIpc) is 3.38. The minimum atomic E-state index is -0.690. The minimum absolute atomic E-state index is 0.0926. The number of ether oxygens (including phenoxy) is 2. The van der Waals surface area contributed by atoms with Crippen molar-refractivity contribution in [2.75, 3.05) is 19.8 Å². The maximum absolute atomic E-state index is 12.6. The van der Waals surface area contributed by atoms with E-state index in [2.05, 4.69) is 22.2 Å². The van der Waals surface area contributed by atoms with Crippen molar-refractivity contribution < 1.29 is 14.3 Å². The number of hydrogen-bond acceptors (Lipinski definition) is 7. The molecule has 0 spiro atoms. The molecule has 32 heavy (non-hydrogen) atoms. The number of benzene rings is 2. The molecule has 1 N–H and O–H groups in total. The largest absolute Gasteiger partial charge is 0.459 e. The molecule has 1 aromatic heterocycles. The summed E-state index contributed by atoms with van der Waals surface area (Å²) in [5, 5.41) is 13.4. The Balaban J connectivity index is 1.58. The summed E-state index contributed by atoms with van der Waals surface area (Å²) < 4.78 is 11.7. The number of fused-ring (bicyclic) bond motifs is 2. The van der Waals surface area contributed by atoms with Crippen molar-refractivity contribution in [1.29, 1.82) is 5.26 Å². The average molecular weight is 447 g/mol. The molecule has 7 nitrogen and oxygen atoms in total. The molecule has 4 rings (SSSR count). The van der Waals surface area contributed by atoms with E-state index in [9.17, 15) is 10.1 Å². The SMILES string of the molecule is CCCCOCCOC(=O)/C(C#N)=C1\N/C(=N\c2nc3ccccc3s2)c2ccccc21. The summed E-state index contributed by atoms with van der Waals surface area (Å²) in [5.74, 6) is -0.150. The lowest BCUT2D eigenvalue weighted by molar-refractivity contribution is -0.140. The fraction of sp³-hybridized carbons (Fsp3) is 0.250. The quantitative estimate of drug-likeness (QED) is 0.236. The van der Waals surface area contributed by atoms with Gasteiger partial charge in [-0.2, -0.15) is 5.26 Å². The highest BCUT2D eigenvalue weighted by Crippen LogP contribution is 2.32. The van der Waals surface area contributed by atoms with E-state index in [0.29, 0.717) is 29.9 Å². The van der Waals surface area contributed by atoms with Crippen LogP contribution in [0.5, 0.6) is 0 Å². The van der Waals surface area contributed by atoms with Crippen LogP contribution in [-0.2, 0) is 14.3 Å². The van der Waals surface area contributed by atoms with Gasteiger partial charge in [-0.15, -0.1) is 0 Å². The van der Waals surface area contributed by atoms with E-state index in [1.54, 1.807) is 0 Å². The molecule has 8 heteroatoms. The molecule has 1 aliphatic rings. The number of para-hydroxylation sites is 1. The number of thiazole rings is 1. The number of aliphatic imine (C=N–C) groups is 1. The van der Waals surface area contributed by atoms with Crippen molar-refractivity contribution in [1.82, 2.24) is 10.3 Å². The zero-order chi connectivity index (χ0) is 22.3. The zero-order valence-corrected chi connectivity index (χ0v) is 18.4.